The van der Waals surface area contributed by atoms with Gasteiger partial charge in [0.2, 0.25) is 0 Å². The van der Waals surface area contributed by atoms with Crippen molar-refractivity contribution < 1.29 is 15.2 Å². The largest absolute Gasteiger partial charge is 0.496 e. The standard InChI is InChI=1S/C11H16ClNO2/c1-8(14)6-13-7-9-5-10(12)3-4-11(9)15-2/h3-5,8,13-14H,6-7H2,1-2H3/p+1/t8-/m0/s1. The Morgan fingerprint density at radius 3 is 2.87 bits per heavy atom. The quantitative estimate of drug-likeness (QED) is 0.786. The first-order valence-corrected chi connectivity index (χ1v) is 5.33. The van der Waals surface area contributed by atoms with Crippen molar-refractivity contribution in [3.05, 3.63) is 28.8 Å². The summed E-state index contributed by atoms with van der Waals surface area (Å²) in [5.74, 6) is 0.834. The number of benzene rings is 1. The minimum Gasteiger partial charge on any atom is -0.496 e. The van der Waals surface area contributed by atoms with Gasteiger partial charge in [-0.25, -0.2) is 0 Å². The van der Waals surface area contributed by atoms with Crippen LogP contribution in [0, 0.1) is 0 Å². The Kier molecular flexibility index (Phi) is 4.88. The molecule has 0 amide bonds. The van der Waals surface area contributed by atoms with Crippen LogP contribution < -0.4 is 10.1 Å². The first-order chi connectivity index (χ1) is 7.13. The van der Waals surface area contributed by atoms with Crippen molar-refractivity contribution in [3.8, 4) is 5.75 Å². The molecule has 1 rings (SSSR count). The van der Waals surface area contributed by atoms with Crippen molar-refractivity contribution in [1.82, 2.24) is 0 Å². The Morgan fingerprint density at radius 2 is 2.27 bits per heavy atom. The first-order valence-electron chi connectivity index (χ1n) is 4.95. The van der Waals surface area contributed by atoms with Gasteiger partial charge in [0.25, 0.3) is 0 Å². The molecule has 0 unspecified atom stereocenters. The van der Waals surface area contributed by atoms with Crippen molar-refractivity contribution in [3.63, 3.8) is 0 Å². The zero-order valence-corrected chi connectivity index (χ0v) is 9.79. The van der Waals surface area contributed by atoms with Crippen LogP contribution in [0.1, 0.15) is 12.5 Å². The number of aliphatic hydroxyl groups is 1. The van der Waals surface area contributed by atoms with Crippen LogP contribution in [-0.2, 0) is 6.54 Å². The highest BCUT2D eigenvalue weighted by atomic mass is 35.5. The maximum absolute atomic E-state index is 9.12. The lowest BCUT2D eigenvalue weighted by molar-refractivity contribution is -0.676. The van der Waals surface area contributed by atoms with Crippen LogP contribution in [0.25, 0.3) is 0 Å². The summed E-state index contributed by atoms with van der Waals surface area (Å²) in [6.07, 6.45) is -0.296. The number of hydrogen-bond acceptors (Lipinski definition) is 2. The lowest BCUT2D eigenvalue weighted by Crippen LogP contribution is -2.84. The summed E-state index contributed by atoms with van der Waals surface area (Å²) in [7, 11) is 1.64. The average molecular weight is 231 g/mol. The fourth-order valence-electron chi connectivity index (χ4n) is 1.39. The van der Waals surface area contributed by atoms with E-state index in [1.165, 1.54) is 0 Å². The summed E-state index contributed by atoms with van der Waals surface area (Å²) in [6.45, 7) is 3.20. The molecule has 0 radical (unpaired) electrons. The van der Waals surface area contributed by atoms with E-state index >= 15 is 0 Å². The highest BCUT2D eigenvalue weighted by molar-refractivity contribution is 6.30. The zero-order valence-electron chi connectivity index (χ0n) is 9.03. The molecule has 0 aliphatic rings. The molecule has 0 aliphatic heterocycles. The molecule has 15 heavy (non-hydrogen) atoms. The molecule has 0 spiro atoms. The normalized spacial score (nSPS) is 12.5. The molecular weight excluding hydrogens is 214 g/mol. The molecule has 0 bridgehead atoms. The Morgan fingerprint density at radius 1 is 1.53 bits per heavy atom. The van der Waals surface area contributed by atoms with Crippen molar-refractivity contribution in [2.45, 2.75) is 19.6 Å². The third-order valence-electron chi connectivity index (χ3n) is 2.11. The topological polar surface area (TPSA) is 46.1 Å². The van der Waals surface area contributed by atoms with Crippen LogP contribution in [-0.4, -0.2) is 24.9 Å². The molecule has 84 valence electrons. The fraction of sp³-hybridized carbons (Fsp3) is 0.455. The Balaban J connectivity index is 2.62. The van der Waals surface area contributed by atoms with E-state index in [9.17, 15) is 0 Å². The molecule has 4 heteroatoms. The van der Waals surface area contributed by atoms with Crippen molar-refractivity contribution in [2.24, 2.45) is 0 Å². The van der Waals surface area contributed by atoms with Crippen LogP contribution in [0.3, 0.4) is 0 Å². The molecule has 0 aromatic heterocycles. The van der Waals surface area contributed by atoms with Crippen molar-refractivity contribution >= 4 is 11.6 Å². The Labute approximate surface area is 95.0 Å². The van der Waals surface area contributed by atoms with Crippen LogP contribution in [0.5, 0.6) is 5.75 Å². The Bertz CT molecular complexity index is 315. The van der Waals surface area contributed by atoms with E-state index in [1.807, 2.05) is 17.4 Å². The number of ether oxygens (including phenoxy) is 1. The van der Waals surface area contributed by atoms with Gasteiger partial charge in [-0.2, -0.15) is 0 Å². The molecule has 3 nitrogen and oxygen atoms in total. The summed E-state index contributed by atoms with van der Waals surface area (Å²) >= 11 is 5.90. The fourth-order valence-corrected chi connectivity index (χ4v) is 1.58. The van der Waals surface area contributed by atoms with E-state index in [0.29, 0.717) is 11.6 Å². The second-order valence-electron chi connectivity index (χ2n) is 3.53. The minimum absolute atomic E-state index is 0.296. The number of halogens is 1. The maximum Gasteiger partial charge on any atom is 0.127 e. The molecule has 3 N–H and O–H groups in total. The molecular formula is C11H17ClNO2+. The third kappa shape index (κ3) is 4.08. The van der Waals surface area contributed by atoms with Gasteiger partial charge in [-0.05, 0) is 25.1 Å². The van der Waals surface area contributed by atoms with Gasteiger partial charge in [-0.15, -0.1) is 0 Å². The summed E-state index contributed by atoms with van der Waals surface area (Å²) < 4.78 is 5.22. The number of methoxy groups -OCH3 is 1. The molecule has 1 aromatic rings. The molecule has 1 aromatic carbocycles. The number of quaternary nitrogens is 1. The van der Waals surface area contributed by atoms with Gasteiger partial charge < -0.3 is 15.2 Å². The molecule has 0 saturated heterocycles. The van der Waals surface area contributed by atoms with Crippen LogP contribution in [0.4, 0.5) is 0 Å². The number of nitrogens with two attached hydrogens (primary N) is 1. The smallest absolute Gasteiger partial charge is 0.127 e. The molecule has 1 atom stereocenters. The van der Waals surface area contributed by atoms with E-state index < -0.39 is 0 Å². The summed E-state index contributed by atoms with van der Waals surface area (Å²) in [5.41, 5.74) is 1.05. The zero-order chi connectivity index (χ0) is 11.3. The average Bonchev–Trinajstić information content (AvgIpc) is 2.17. The van der Waals surface area contributed by atoms with Gasteiger partial charge >= 0.3 is 0 Å². The van der Waals surface area contributed by atoms with E-state index in [2.05, 4.69) is 0 Å². The lowest BCUT2D eigenvalue weighted by atomic mass is 10.2. The van der Waals surface area contributed by atoms with Gasteiger partial charge in [0, 0.05) is 10.6 Å². The molecule has 0 fully saturated rings. The van der Waals surface area contributed by atoms with Crippen molar-refractivity contribution in [2.75, 3.05) is 13.7 Å². The number of aliphatic hydroxyl groups excluding tert-OH is 1. The van der Waals surface area contributed by atoms with Crippen molar-refractivity contribution in [1.29, 1.82) is 0 Å². The summed E-state index contributed by atoms with van der Waals surface area (Å²) in [6, 6.07) is 5.55. The van der Waals surface area contributed by atoms with E-state index in [-0.39, 0.29) is 6.10 Å². The van der Waals surface area contributed by atoms with Crippen LogP contribution in [0.15, 0.2) is 18.2 Å². The van der Waals surface area contributed by atoms with Gasteiger partial charge in [0.1, 0.15) is 18.8 Å². The summed E-state index contributed by atoms with van der Waals surface area (Å²) in [5, 5.41) is 11.9. The number of rotatable bonds is 5. The predicted molar refractivity (Wildman–Crippen MR) is 60.2 cm³/mol. The van der Waals surface area contributed by atoms with E-state index in [4.69, 9.17) is 21.4 Å². The van der Waals surface area contributed by atoms with E-state index in [1.54, 1.807) is 20.1 Å². The Hall–Kier alpha value is -0.770. The third-order valence-corrected chi connectivity index (χ3v) is 2.35. The first kappa shape index (κ1) is 12.3. The molecule has 0 heterocycles. The van der Waals surface area contributed by atoms with Gasteiger partial charge in [0.05, 0.1) is 13.2 Å². The monoisotopic (exact) mass is 230 g/mol. The minimum atomic E-state index is -0.296. The van der Waals surface area contributed by atoms with Gasteiger partial charge in [-0.3, -0.25) is 0 Å². The highest BCUT2D eigenvalue weighted by Crippen LogP contribution is 2.21. The second-order valence-corrected chi connectivity index (χ2v) is 3.97. The van der Waals surface area contributed by atoms with E-state index in [0.717, 1.165) is 17.9 Å². The lowest BCUT2D eigenvalue weighted by Gasteiger charge is -2.08. The maximum atomic E-state index is 9.12. The molecule has 0 saturated carbocycles. The summed E-state index contributed by atoms with van der Waals surface area (Å²) in [4.78, 5) is 0. The van der Waals surface area contributed by atoms with Gasteiger partial charge in [-0.1, -0.05) is 11.6 Å². The molecule has 0 aliphatic carbocycles. The van der Waals surface area contributed by atoms with Crippen LogP contribution >= 0.6 is 11.6 Å². The predicted octanol–water partition coefficient (Wildman–Crippen LogP) is 0.793. The SMILES string of the molecule is COc1ccc(Cl)cc1C[NH2+]C[C@H](C)O. The van der Waals surface area contributed by atoms with Crippen LogP contribution in [0.2, 0.25) is 5.02 Å². The number of hydrogen-bond donors (Lipinski definition) is 2. The highest BCUT2D eigenvalue weighted by Gasteiger charge is 2.06. The van der Waals surface area contributed by atoms with Gasteiger partial charge in [0.15, 0.2) is 0 Å². The second kappa shape index (κ2) is 5.95.